The quantitative estimate of drug-likeness (QED) is 0.387. The second-order valence-electron chi connectivity index (χ2n) is 6.92. The van der Waals surface area contributed by atoms with E-state index in [1.807, 2.05) is 31.2 Å². The Bertz CT molecular complexity index is 490. The summed E-state index contributed by atoms with van der Waals surface area (Å²) in [6, 6.07) is 7.42. The molecule has 0 aliphatic heterocycles. The predicted octanol–water partition coefficient (Wildman–Crippen LogP) is 5.63. The number of rotatable bonds is 16. The van der Waals surface area contributed by atoms with Crippen LogP contribution in [0.4, 0.5) is 0 Å². The Morgan fingerprint density at radius 1 is 0.923 bits per heavy atom. The molecule has 2 N–H and O–H groups in total. The summed E-state index contributed by atoms with van der Waals surface area (Å²) in [5.41, 5.74) is 5.32. The van der Waals surface area contributed by atoms with Crippen LogP contribution in [-0.4, -0.2) is 18.6 Å². The topological polar surface area (TPSA) is 61.6 Å². The van der Waals surface area contributed by atoms with Gasteiger partial charge in [-0.2, -0.15) is 0 Å². The van der Waals surface area contributed by atoms with Crippen molar-refractivity contribution in [3.05, 3.63) is 24.3 Å². The smallest absolute Gasteiger partial charge is 0.258 e. The molecule has 0 radical (unpaired) electrons. The maximum atomic E-state index is 11.3. The van der Waals surface area contributed by atoms with Crippen LogP contribution in [0.1, 0.15) is 84.5 Å². The van der Waals surface area contributed by atoms with Gasteiger partial charge in [0.15, 0.2) is 6.10 Å². The van der Waals surface area contributed by atoms with Crippen molar-refractivity contribution in [1.82, 2.24) is 0 Å². The van der Waals surface area contributed by atoms with E-state index in [1.54, 1.807) is 0 Å². The van der Waals surface area contributed by atoms with Crippen LogP contribution in [0.15, 0.2) is 24.3 Å². The maximum Gasteiger partial charge on any atom is 0.258 e. The molecule has 0 fully saturated rings. The summed E-state index contributed by atoms with van der Waals surface area (Å²) in [5.74, 6) is 0.957. The molecule has 1 rings (SSSR count). The molecule has 1 aromatic rings. The molecule has 1 amide bonds. The summed E-state index contributed by atoms with van der Waals surface area (Å²) in [6.07, 6.45) is 13.1. The molecule has 0 aliphatic rings. The van der Waals surface area contributed by atoms with Crippen LogP contribution in [-0.2, 0) is 4.79 Å². The molecule has 0 saturated heterocycles. The van der Waals surface area contributed by atoms with E-state index in [0.717, 1.165) is 12.2 Å². The molecule has 4 heteroatoms. The van der Waals surface area contributed by atoms with E-state index in [-0.39, 0.29) is 0 Å². The van der Waals surface area contributed by atoms with Crippen molar-refractivity contribution in [3.8, 4) is 11.5 Å². The average molecular weight is 364 g/mol. The minimum atomic E-state index is -0.591. The Labute approximate surface area is 159 Å². The van der Waals surface area contributed by atoms with E-state index in [9.17, 15) is 4.79 Å². The van der Waals surface area contributed by atoms with E-state index >= 15 is 0 Å². The standard InChI is InChI=1S/C22H37NO3/c1-3-5-6-7-8-9-10-11-12-13-17-25-19-15-14-16-20(18-19)26-21(4-2)22(23)24/h14-16,18,21H,3-13,17H2,1-2H3,(H2,23,24). The molecule has 0 saturated carbocycles. The first-order valence-corrected chi connectivity index (χ1v) is 10.4. The number of hydrogen-bond donors (Lipinski definition) is 1. The first-order valence-electron chi connectivity index (χ1n) is 10.4. The number of primary amides is 1. The van der Waals surface area contributed by atoms with Gasteiger partial charge in [0.2, 0.25) is 0 Å². The van der Waals surface area contributed by atoms with Crippen molar-refractivity contribution < 1.29 is 14.3 Å². The van der Waals surface area contributed by atoms with E-state index < -0.39 is 12.0 Å². The Morgan fingerprint density at radius 2 is 1.50 bits per heavy atom. The van der Waals surface area contributed by atoms with Crippen LogP contribution in [0.3, 0.4) is 0 Å². The average Bonchev–Trinajstić information content (AvgIpc) is 2.64. The summed E-state index contributed by atoms with van der Waals surface area (Å²) < 4.78 is 11.4. The largest absolute Gasteiger partial charge is 0.493 e. The van der Waals surface area contributed by atoms with E-state index in [1.165, 1.54) is 57.8 Å². The molecule has 1 atom stereocenters. The molecule has 0 spiro atoms. The molecule has 0 aliphatic carbocycles. The minimum Gasteiger partial charge on any atom is -0.493 e. The van der Waals surface area contributed by atoms with Gasteiger partial charge in [-0.05, 0) is 25.0 Å². The van der Waals surface area contributed by atoms with Gasteiger partial charge >= 0.3 is 0 Å². The maximum absolute atomic E-state index is 11.3. The fourth-order valence-corrected chi connectivity index (χ4v) is 2.92. The summed E-state index contributed by atoms with van der Waals surface area (Å²) in [6.45, 7) is 4.85. The highest BCUT2D eigenvalue weighted by Gasteiger charge is 2.14. The van der Waals surface area contributed by atoms with Gasteiger partial charge in [0.05, 0.1) is 6.61 Å². The molecule has 26 heavy (non-hydrogen) atoms. The van der Waals surface area contributed by atoms with Gasteiger partial charge in [0.25, 0.3) is 5.91 Å². The van der Waals surface area contributed by atoms with Gasteiger partial charge in [0, 0.05) is 6.07 Å². The molecule has 0 aromatic heterocycles. The second-order valence-corrected chi connectivity index (χ2v) is 6.92. The molecule has 148 valence electrons. The van der Waals surface area contributed by atoms with Crippen LogP contribution in [0.5, 0.6) is 11.5 Å². The molecular formula is C22H37NO3. The summed E-state index contributed by atoms with van der Waals surface area (Å²) in [5, 5.41) is 0. The predicted molar refractivity (Wildman–Crippen MR) is 108 cm³/mol. The number of carbonyl (C=O) groups excluding carboxylic acids is 1. The number of nitrogens with two attached hydrogens (primary N) is 1. The SMILES string of the molecule is CCCCCCCCCCCCOc1cccc(OC(CC)C(N)=O)c1. The lowest BCUT2D eigenvalue weighted by atomic mass is 10.1. The minimum absolute atomic E-state index is 0.441. The highest BCUT2D eigenvalue weighted by atomic mass is 16.5. The zero-order chi connectivity index (χ0) is 19.0. The third kappa shape index (κ3) is 10.3. The third-order valence-electron chi connectivity index (χ3n) is 4.54. The third-order valence-corrected chi connectivity index (χ3v) is 4.54. The number of amides is 1. The molecule has 0 bridgehead atoms. The van der Waals surface area contributed by atoms with Crippen molar-refractivity contribution in [1.29, 1.82) is 0 Å². The van der Waals surface area contributed by atoms with Gasteiger partial charge in [0.1, 0.15) is 11.5 Å². The van der Waals surface area contributed by atoms with E-state index in [0.29, 0.717) is 18.8 Å². The molecule has 4 nitrogen and oxygen atoms in total. The Balaban J connectivity index is 2.12. The highest BCUT2D eigenvalue weighted by molar-refractivity contribution is 5.79. The van der Waals surface area contributed by atoms with Crippen molar-refractivity contribution in [2.45, 2.75) is 90.6 Å². The lowest BCUT2D eigenvalue weighted by Gasteiger charge is -2.15. The first-order chi connectivity index (χ1) is 12.7. The van der Waals surface area contributed by atoms with Crippen molar-refractivity contribution in [2.75, 3.05) is 6.61 Å². The molecule has 0 heterocycles. The summed E-state index contributed by atoms with van der Waals surface area (Å²) in [7, 11) is 0. The van der Waals surface area contributed by atoms with Crippen molar-refractivity contribution in [3.63, 3.8) is 0 Å². The van der Waals surface area contributed by atoms with Gasteiger partial charge in [-0.25, -0.2) is 0 Å². The van der Waals surface area contributed by atoms with Crippen molar-refractivity contribution >= 4 is 5.91 Å². The number of carbonyl (C=O) groups is 1. The Hall–Kier alpha value is -1.71. The van der Waals surface area contributed by atoms with Crippen LogP contribution >= 0.6 is 0 Å². The van der Waals surface area contributed by atoms with Gasteiger partial charge in [-0.3, -0.25) is 4.79 Å². The highest BCUT2D eigenvalue weighted by Crippen LogP contribution is 2.21. The van der Waals surface area contributed by atoms with Crippen LogP contribution in [0, 0.1) is 0 Å². The number of benzene rings is 1. The number of unbranched alkanes of at least 4 members (excludes halogenated alkanes) is 9. The fraction of sp³-hybridized carbons (Fsp3) is 0.682. The Morgan fingerprint density at radius 3 is 2.08 bits per heavy atom. The Kier molecular flexibility index (Phi) is 12.4. The first kappa shape index (κ1) is 22.3. The summed E-state index contributed by atoms with van der Waals surface area (Å²) in [4.78, 5) is 11.3. The zero-order valence-corrected chi connectivity index (χ0v) is 16.7. The zero-order valence-electron chi connectivity index (χ0n) is 16.7. The molecule has 1 aromatic carbocycles. The van der Waals surface area contributed by atoms with Crippen LogP contribution in [0.2, 0.25) is 0 Å². The lowest BCUT2D eigenvalue weighted by molar-refractivity contribution is -0.124. The monoisotopic (exact) mass is 363 g/mol. The van der Waals surface area contributed by atoms with Gasteiger partial charge < -0.3 is 15.2 Å². The van der Waals surface area contributed by atoms with Crippen molar-refractivity contribution in [2.24, 2.45) is 5.73 Å². The number of hydrogen-bond acceptors (Lipinski definition) is 3. The van der Waals surface area contributed by atoms with E-state index in [2.05, 4.69) is 6.92 Å². The van der Waals surface area contributed by atoms with E-state index in [4.69, 9.17) is 15.2 Å². The van der Waals surface area contributed by atoms with Gasteiger partial charge in [-0.15, -0.1) is 0 Å². The van der Waals surface area contributed by atoms with Gasteiger partial charge in [-0.1, -0.05) is 77.7 Å². The number of ether oxygens (including phenoxy) is 2. The normalized spacial score (nSPS) is 11.9. The molecule has 1 unspecified atom stereocenters. The fourth-order valence-electron chi connectivity index (χ4n) is 2.92. The molecular weight excluding hydrogens is 326 g/mol. The second kappa shape index (κ2) is 14.5. The van der Waals surface area contributed by atoms with Crippen LogP contribution in [0.25, 0.3) is 0 Å². The lowest BCUT2D eigenvalue weighted by Crippen LogP contribution is -2.32. The summed E-state index contributed by atoms with van der Waals surface area (Å²) >= 11 is 0. The van der Waals surface area contributed by atoms with Crippen LogP contribution < -0.4 is 15.2 Å².